The summed E-state index contributed by atoms with van der Waals surface area (Å²) in [5.41, 5.74) is 0. The van der Waals surface area contributed by atoms with Crippen molar-refractivity contribution in [3.05, 3.63) is 0 Å². The molecule has 0 aliphatic carbocycles. The van der Waals surface area contributed by atoms with Crippen molar-refractivity contribution in [1.82, 2.24) is 0 Å². The predicted molar refractivity (Wildman–Crippen MR) is 108 cm³/mol. The first-order valence-electron chi connectivity index (χ1n) is 11.1. The summed E-state index contributed by atoms with van der Waals surface area (Å²) in [6, 6.07) is 0. The molecule has 0 atom stereocenters. The zero-order chi connectivity index (χ0) is 18.3. The Morgan fingerprint density at radius 1 is 0.320 bits per heavy atom. The second kappa shape index (κ2) is 23.9. The van der Waals surface area contributed by atoms with Gasteiger partial charge < -0.3 is 14.2 Å². The fourth-order valence-electron chi connectivity index (χ4n) is 2.74. The normalized spacial score (nSPS) is 11.3. The topological polar surface area (TPSA) is 27.7 Å². The van der Waals surface area contributed by atoms with Gasteiger partial charge in [-0.1, -0.05) is 52.4 Å². The van der Waals surface area contributed by atoms with Crippen LogP contribution in [0.2, 0.25) is 0 Å². The van der Waals surface area contributed by atoms with Crippen LogP contribution in [0.15, 0.2) is 0 Å². The molecule has 3 nitrogen and oxygen atoms in total. The van der Waals surface area contributed by atoms with Crippen molar-refractivity contribution in [3.63, 3.8) is 0 Å². The zero-order valence-electron chi connectivity index (χ0n) is 17.4. The lowest BCUT2D eigenvalue weighted by Gasteiger charge is -2.06. The van der Waals surface area contributed by atoms with Gasteiger partial charge in [0.1, 0.15) is 0 Å². The number of hydrogen-bond donors (Lipinski definition) is 0. The van der Waals surface area contributed by atoms with E-state index in [0.29, 0.717) is 0 Å². The Balaban J connectivity index is 2.94. The summed E-state index contributed by atoms with van der Waals surface area (Å²) in [5.74, 6) is 0. The Kier molecular flexibility index (Phi) is 23.8. The molecule has 0 aromatic rings. The van der Waals surface area contributed by atoms with Gasteiger partial charge in [0.2, 0.25) is 0 Å². The Hall–Kier alpha value is -0.120. The Morgan fingerprint density at radius 2 is 0.560 bits per heavy atom. The third-order valence-corrected chi connectivity index (χ3v) is 4.44. The molecule has 0 radical (unpaired) electrons. The number of rotatable bonds is 22. The Labute approximate surface area is 158 Å². The van der Waals surface area contributed by atoms with Crippen LogP contribution >= 0.6 is 0 Å². The number of unbranched alkanes of at least 4 members (excludes halogenated alkanes) is 10. The fraction of sp³-hybridized carbons (Fsp3) is 1.00. The smallest absolute Gasteiger partial charge is 0.0466 e. The van der Waals surface area contributed by atoms with E-state index in [1.807, 2.05) is 0 Å². The van der Waals surface area contributed by atoms with Crippen LogP contribution in [0.4, 0.5) is 0 Å². The summed E-state index contributed by atoms with van der Waals surface area (Å²) in [6.45, 7) is 10.0. The molecular weight excluding hydrogens is 312 g/mol. The molecule has 25 heavy (non-hydrogen) atoms. The Morgan fingerprint density at radius 3 is 0.800 bits per heavy atom. The van der Waals surface area contributed by atoms with Gasteiger partial charge in [0.15, 0.2) is 0 Å². The molecule has 0 rings (SSSR count). The van der Waals surface area contributed by atoms with Gasteiger partial charge >= 0.3 is 0 Å². The lowest BCUT2D eigenvalue weighted by Crippen LogP contribution is -2.01. The van der Waals surface area contributed by atoms with Gasteiger partial charge in [-0.25, -0.2) is 0 Å². The summed E-state index contributed by atoms with van der Waals surface area (Å²) < 4.78 is 17.0. The van der Waals surface area contributed by atoms with Crippen molar-refractivity contribution in [1.29, 1.82) is 0 Å². The largest absolute Gasteiger partial charge is 0.381 e. The lowest BCUT2D eigenvalue weighted by molar-refractivity contribution is 0.105. The van der Waals surface area contributed by atoms with Crippen molar-refractivity contribution in [2.45, 2.75) is 104 Å². The van der Waals surface area contributed by atoms with Crippen LogP contribution in [0.3, 0.4) is 0 Å². The van der Waals surface area contributed by atoms with Crippen LogP contribution in [0.5, 0.6) is 0 Å². The van der Waals surface area contributed by atoms with Crippen LogP contribution in [-0.2, 0) is 14.2 Å². The maximum Gasteiger partial charge on any atom is 0.0466 e. The molecule has 0 fully saturated rings. The van der Waals surface area contributed by atoms with Gasteiger partial charge in [0, 0.05) is 39.6 Å². The van der Waals surface area contributed by atoms with Crippen LogP contribution in [-0.4, -0.2) is 39.6 Å². The lowest BCUT2D eigenvalue weighted by atomic mass is 10.2. The molecule has 0 aliphatic heterocycles. The average Bonchev–Trinajstić information content (AvgIpc) is 2.63. The highest BCUT2D eigenvalue weighted by Gasteiger charge is 1.95. The van der Waals surface area contributed by atoms with Crippen LogP contribution in [0.25, 0.3) is 0 Å². The van der Waals surface area contributed by atoms with Gasteiger partial charge in [0.25, 0.3) is 0 Å². The average molecular weight is 359 g/mol. The standard InChI is InChI=1S/C22H46O3/c1-3-5-7-11-17-23-19-13-9-15-21-25-22-16-10-14-20-24-18-12-8-6-4-2/h3-22H2,1-2H3. The zero-order valence-corrected chi connectivity index (χ0v) is 17.4. The molecule has 0 unspecified atom stereocenters. The molecule has 0 aromatic carbocycles. The first kappa shape index (κ1) is 24.9. The highest BCUT2D eigenvalue weighted by molar-refractivity contribution is 4.45. The molecule has 0 heterocycles. The molecular formula is C22H46O3. The highest BCUT2D eigenvalue weighted by atomic mass is 16.5. The van der Waals surface area contributed by atoms with Gasteiger partial charge in [0.05, 0.1) is 0 Å². The molecule has 0 aliphatic rings. The van der Waals surface area contributed by atoms with Crippen molar-refractivity contribution in [2.75, 3.05) is 39.6 Å². The SMILES string of the molecule is CCCCCCOCCCCCOCCCCCOCCCCCC. The summed E-state index contributed by atoms with van der Waals surface area (Å²) in [6.07, 6.45) is 17.5. The number of hydrogen-bond acceptors (Lipinski definition) is 3. The van der Waals surface area contributed by atoms with E-state index in [0.717, 1.165) is 39.6 Å². The predicted octanol–water partition coefficient (Wildman–Crippen LogP) is 6.54. The first-order valence-corrected chi connectivity index (χ1v) is 11.1. The second-order valence-electron chi connectivity index (χ2n) is 7.08. The number of ether oxygens (including phenoxy) is 3. The molecule has 0 saturated heterocycles. The quantitative estimate of drug-likeness (QED) is 0.206. The summed E-state index contributed by atoms with van der Waals surface area (Å²) in [5, 5.41) is 0. The molecule has 0 bridgehead atoms. The molecule has 0 saturated carbocycles. The van der Waals surface area contributed by atoms with E-state index < -0.39 is 0 Å². The highest BCUT2D eigenvalue weighted by Crippen LogP contribution is 2.03. The van der Waals surface area contributed by atoms with Gasteiger partial charge in [-0.3, -0.25) is 0 Å². The van der Waals surface area contributed by atoms with E-state index in [1.165, 1.54) is 89.9 Å². The monoisotopic (exact) mass is 358 g/mol. The molecule has 0 aromatic heterocycles. The summed E-state index contributed by atoms with van der Waals surface area (Å²) >= 11 is 0. The van der Waals surface area contributed by atoms with Crippen LogP contribution in [0.1, 0.15) is 104 Å². The minimum Gasteiger partial charge on any atom is -0.381 e. The summed E-state index contributed by atoms with van der Waals surface area (Å²) in [4.78, 5) is 0. The minimum absolute atomic E-state index is 0.907. The minimum atomic E-state index is 0.907. The first-order chi connectivity index (χ1) is 12.4. The van der Waals surface area contributed by atoms with E-state index in [2.05, 4.69) is 13.8 Å². The molecule has 0 spiro atoms. The molecule has 152 valence electrons. The molecule has 0 N–H and O–H groups in total. The van der Waals surface area contributed by atoms with Crippen molar-refractivity contribution in [2.24, 2.45) is 0 Å². The van der Waals surface area contributed by atoms with Crippen molar-refractivity contribution < 1.29 is 14.2 Å². The van der Waals surface area contributed by atoms with Crippen molar-refractivity contribution >= 4 is 0 Å². The third kappa shape index (κ3) is 23.9. The van der Waals surface area contributed by atoms with E-state index >= 15 is 0 Å². The maximum absolute atomic E-state index is 5.70. The van der Waals surface area contributed by atoms with E-state index in [4.69, 9.17) is 14.2 Å². The second-order valence-corrected chi connectivity index (χ2v) is 7.08. The van der Waals surface area contributed by atoms with Crippen LogP contribution < -0.4 is 0 Å². The van der Waals surface area contributed by atoms with Crippen LogP contribution in [0, 0.1) is 0 Å². The van der Waals surface area contributed by atoms with E-state index in [1.54, 1.807) is 0 Å². The maximum atomic E-state index is 5.70. The fourth-order valence-corrected chi connectivity index (χ4v) is 2.74. The van der Waals surface area contributed by atoms with Gasteiger partial charge in [-0.15, -0.1) is 0 Å². The molecule has 0 amide bonds. The summed E-state index contributed by atoms with van der Waals surface area (Å²) in [7, 11) is 0. The van der Waals surface area contributed by atoms with Gasteiger partial charge in [-0.2, -0.15) is 0 Å². The van der Waals surface area contributed by atoms with E-state index in [-0.39, 0.29) is 0 Å². The Bertz CT molecular complexity index is 199. The van der Waals surface area contributed by atoms with Gasteiger partial charge in [-0.05, 0) is 51.4 Å². The van der Waals surface area contributed by atoms with Crippen molar-refractivity contribution in [3.8, 4) is 0 Å². The molecule has 3 heteroatoms. The van der Waals surface area contributed by atoms with E-state index in [9.17, 15) is 0 Å². The third-order valence-electron chi connectivity index (χ3n) is 4.44.